The minimum absolute atomic E-state index is 0.0692. The molecule has 194 valence electrons. The van der Waals surface area contributed by atoms with Crippen molar-refractivity contribution in [2.24, 2.45) is 11.3 Å². The molecule has 34 heavy (non-hydrogen) atoms. The van der Waals surface area contributed by atoms with E-state index in [1.54, 1.807) is 0 Å². The number of piperidine rings is 1. The van der Waals surface area contributed by atoms with Gasteiger partial charge in [-0.3, -0.25) is 9.59 Å². The normalized spacial score (nSPS) is 17.5. The Morgan fingerprint density at radius 2 is 1.59 bits per heavy atom. The second-order valence-electron chi connectivity index (χ2n) is 8.75. The highest BCUT2D eigenvalue weighted by molar-refractivity contribution is 5.95. The van der Waals surface area contributed by atoms with Gasteiger partial charge in [0.15, 0.2) is 0 Å². The molecule has 1 aliphatic heterocycles. The number of carbonyl (C=O) groups is 2. The van der Waals surface area contributed by atoms with Crippen molar-refractivity contribution in [3.05, 3.63) is 35.7 Å². The Morgan fingerprint density at radius 1 is 1.03 bits per heavy atom. The van der Waals surface area contributed by atoms with E-state index >= 15 is 0 Å². The van der Waals surface area contributed by atoms with Gasteiger partial charge in [-0.05, 0) is 64.8 Å². The topological polar surface area (TPSA) is 61.4 Å². The van der Waals surface area contributed by atoms with Gasteiger partial charge in [0.2, 0.25) is 5.91 Å². The number of nitrogens with one attached hydrogen (secondary N) is 2. The Balaban J connectivity index is 2.39. The molecule has 1 saturated heterocycles. The summed E-state index contributed by atoms with van der Waals surface area (Å²) in [6.07, 6.45) is -7.07. The molecule has 0 aliphatic carbocycles. The van der Waals surface area contributed by atoms with Gasteiger partial charge in [-0.25, -0.2) is 4.39 Å². The summed E-state index contributed by atoms with van der Waals surface area (Å²) in [6.45, 7) is 7.64. The van der Waals surface area contributed by atoms with Gasteiger partial charge < -0.3 is 15.5 Å². The number of hydrogen-bond donors (Lipinski definition) is 2. The number of alkyl halides is 6. The lowest BCUT2D eigenvalue weighted by molar-refractivity contribution is -0.211. The highest BCUT2D eigenvalue weighted by Crippen LogP contribution is 2.37. The maximum absolute atomic E-state index is 13.7. The lowest BCUT2D eigenvalue weighted by Gasteiger charge is -2.32. The summed E-state index contributed by atoms with van der Waals surface area (Å²) in [7, 11) is 0. The summed E-state index contributed by atoms with van der Waals surface area (Å²) in [5, 5.41) is 4.88. The van der Waals surface area contributed by atoms with Crippen LogP contribution in [0.2, 0.25) is 0 Å². The zero-order valence-corrected chi connectivity index (χ0v) is 19.3. The van der Waals surface area contributed by atoms with Gasteiger partial charge in [0.25, 0.3) is 5.91 Å². The van der Waals surface area contributed by atoms with Crippen LogP contribution in [0.4, 0.5) is 30.7 Å². The fourth-order valence-electron chi connectivity index (χ4n) is 3.00. The van der Waals surface area contributed by atoms with Crippen molar-refractivity contribution in [1.29, 1.82) is 0 Å². The van der Waals surface area contributed by atoms with E-state index in [2.05, 4.69) is 17.2 Å². The number of carbonyl (C=O) groups excluding carboxylic acids is 2. The van der Waals surface area contributed by atoms with Crippen LogP contribution < -0.4 is 10.6 Å². The van der Waals surface area contributed by atoms with Gasteiger partial charge in [0.05, 0.1) is 0 Å². The van der Waals surface area contributed by atoms with Gasteiger partial charge >= 0.3 is 12.4 Å². The van der Waals surface area contributed by atoms with E-state index in [0.29, 0.717) is 45.5 Å². The predicted molar refractivity (Wildman–Crippen MR) is 113 cm³/mol. The van der Waals surface area contributed by atoms with Crippen molar-refractivity contribution in [1.82, 2.24) is 15.5 Å². The molecule has 1 fully saturated rings. The first-order valence-corrected chi connectivity index (χ1v) is 10.6. The number of likely N-dealkylation sites (tertiary alicyclic amines) is 1. The predicted octanol–water partition coefficient (Wildman–Crippen LogP) is 4.44. The van der Waals surface area contributed by atoms with E-state index in [1.807, 2.05) is 4.90 Å². The molecule has 1 aliphatic rings. The lowest BCUT2D eigenvalue weighted by atomic mass is 9.91. The number of amides is 2. The number of rotatable bonds is 9. The maximum Gasteiger partial charge on any atom is 0.412 e. The molecule has 12 heteroatoms. The average Bonchev–Trinajstić information content (AvgIpc) is 2.71. The SMILES string of the molecule is C=C(/C=C(F)\C=C(/C)C(F)(F)F)C(=O)NCC1CCN(CCNC(=O)C(C)(C)C(F)(F)F)CC1. The third kappa shape index (κ3) is 9.11. The first kappa shape index (κ1) is 29.7. The maximum atomic E-state index is 13.7. The van der Waals surface area contributed by atoms with Crippen molar-refractivity contribution in [2.75, 3.05) is 32.7 Å². The van der Waals surface area contributed by atoms with Crippen molar-refractivity contribution >= 4 is 11.8 Å². The van der Waals surface area contributed by atoms with Crippen molar-refractivity contribution < 1.29 is 40.3 Å². The first-order chi connectivity index (χ1) is 15.4. The number of allylic oxidation sites excluding steroid dienone is 3. The Labute approximate surface area is 194 Å². The molecule has 0 aromatic carbocycles. The molecule has 0 atom stereocenters. The molecule has 0 radical (unpaired) electrons. The van der Waals surface area contributed by atoms with E-state index in [1.165, 1.54) is 0 Å². The molecule has 1 heterocycles. The summed E-state index contributed by atoms with van der Waals surface area (Å²) in [5.41, 5.74) is -3.95. The summed E-state index contributed by atoms with van der Waals surface area (Å²) in [4.78, 5) is 25.8. The van der Waals surface area contributed by atoms with Crippen LogP contribution in [-0.2, 0) is 9.59 Å². The van der Waals surface area contributed by atoms with Gasteiger partial charge in [-0.2, -0.15) is 26.3 Å². The highest BCUT2D eigenvalue weighted by atomic mass is 19.4. The Kier molecular flexibility index (Phi) is 10.3. The van der Waals surface area contributed by atoms with Gasteiger partial charge in [0, 0.05) is 30.8 Å². The van der Waals surface area contributed by atoms with Crippen molar-refractivity contribution in [3.8, 4) is 0 Å². The van der Waals surface area contributed by atoms with Crippen molar-refractivity contribution in [3.63, 3.8) is 0 Å². The third-order valence-corrected chi connectivity index (χ3v) is 5.65. The molecule has 2 N–H and O–H groups in total. The Bertz CT molecular complexity index is 806. The molecule has 0 unspecified atom stereocenters. The smallest absolute Gasteiger partial charge is 0.354 e. The van der Waals surface area contributed by atoms with Gasteiger partial charge in [-0.1, -0.05) is 6.58 Å². The highest BCUT2D eigenvalue weighted by Gasteiger charge is 2.52. The minimum atomic E-state index is -4.67. The minimum Gasteiger partial charge on any atom is -0.354 e. The molecule has 1 rings (SSSR count). The van der Waals surface area contributed by atoms with Crippen LogP contribution in [-0.4, -0.2) is 61.8 Å². The molecule has 0 spiro atoms. The number of nitrogens with zero attached hydrogens (tertiary/aromatic N) is 1. The van der Waals surface area contributed by atoms with Crippen LogP contribution in [0.3, 0.4) is 0 Å². The van der Waals surface area contributed by atoms with E-state index in [4.69, 9.17) is 0 Å². The summed E-state index contributed by atoms with van der Waals surface area (Å²) >= 11 is 0. The van der Waals surface area contributed by atoms with Gasteiger partial charge in [0.1, 0.15) is 11.2 Å². The summed E-state index contributed by atoms with van der Waals surface area (Å²) in [5.74, 6) is -2.94. The molecule has 5 nitrogen and oxygen atoms in total. The zero-order valence-electron chi connectivity index (χ0n) is 19.3. The zero-order chi connectivity index (χ0) is 26.3. The van der Waals surface area contributed by atoms with Crippen LogP contribution in [0, 0.1) is 11.3 Å². The molecule has 0 aromatic heterocycles. The standard InChI is InChI=1S/C22H30F7N3O2/c1-14(11-17(23)12-15(2)21(24,25)26)18(33)31-13-16-5-8-32(9-6-16)10-7-30-19(34)20(3,4)22(27,28)29/h11-12,16H,1,5-10,13H2,2-4H3,(H,30,34)(H,31,33)/b15-12+,17-11+. The van der Waals surface area contributed by atoms with E-state index in [9.17, 15) is 40.3 Å². The molecule has 2 amide bonds. The monoisotopic (exact) mass is 501 g/mol. The first-order valence-electron chi connectivity index (χ1n) is 10.6. The van der Waals surface area contributed by atoms with Crippen LogP contribution in [0.15, 0.2) is 35.7 Å². The van der Waals surface area contributed by atoms with Crippen LogP contribution in [0.5, 0.6) is 0 Å². The second kappa shape index (κ2) is 11.9. The van der Waals surface area contributed by atoms with Crippen LogP contribution in [0.1, 0.15) is 33.6 Å². The summed E-state index contributed by atoms with van der Waals surface area (Å²) in [6, 6.07) is 0. The van der Waals surface area contributed by atoms with E-state index in [0.717, 1.165) is 13.8 Å². The largest absolute Gasteiger partial charge is 0.412 e. The molecular weight excluding hydrogens is 471 g/mol. The average molecular weight is 501 g/mol. The Morgan fingerprint density at radius 3 is 2.09 bits per heavy atom. The molecule has 0 saturated carbocycles. The quantitative estimate of drug-likeness (QED) is 0.279. The fourth-order valence-corrected chi connectivity index (χ4v) is 3.00. The molecule has 0 aromatic rings. The summed E-state index contributed by atoms with van der Waals surface area (Å²) < 4.78 is 89.6. The van der Waals surface area contributed by atoms with Crippen molar-refractivity contribution in [2.45, 2.75) is 46.0 Å². The lowest BCUT2D eigenvalue weighted by Crippen LogP contribution is -2.49. The second-order valence-corrected chi connectivity index (χ2v) is 8.75. The molecule has 0 bridgehead atoms. The Hall–Kier alpha value is -2.37. The number of halogens is 7. The van der Waals surface area contributed by atoms with Crippen LogP contribution in [0.25, 0.3) is 0 Å². The van der Waals surface area contributed by atoms with E-state index < -0.39 is 41.0 Å². The van der Waals surface area contributed by atoms with Gasteiger partial charge in [-0.15, -0.1) is 0 Å². The molecular formula is C22H30F7N3O2. The third-order valence-electron chi connectivity index (χ3n) is 5.65. The van der Waals surface area contributed by atoms with E-state index in [-0.39, 0.29) is 30.7 Å². The fraction of sp³-hybridized carbons (Fsp3) is 0.636. The van der Waals surface area contributed by atoms with Crippen LogP contribution >= 0.6 is 0 Å². The number of hydrogen-bond acceptors (Lipinski definition) is 3.